The molecule has 2 rings (SSSR count). The molecule has 0 aromatic heterocycles. The number of sulfonamides is 1. The number of benzene rings is 1. The van der Waals surface area contributed by atoms with Crippen LogP contribution in [0.1, 0.15) is 18.4 Å². The highest BCUT2D eigenvalue weighted by Crippen LogP contribution is 2.19. The third-order valence-corrected chi connectivity index (χ3v) is 4.76. The Balaban J connectivity index is 1.76. The van der Waals surface area contributed by atoms with Crippen LogP contribution in [0.3, 0.4) is 0 Å². The summed E-state index contributed by atoms with van der Waals surface area (Å²) >= 11 is 0. The van der Waals surface area contributed by atoms with E-state index in [9.17, 15) is 13.2 Å². The lowest BCUT2D eigenvalue weighted by molar-refractivity contribution is -0.149. The minimum Gasteiger partial charge on any atom is -0.479 e. The molecule has 0 radical (unpaired) electrons. The van der Waals surface area contributed by atoms with Gasteiger partial charge >= 0.3 is 5.97 Å². The van der Waals surface area contributed by atoms with E-state index in [0.29, 0.717) is 19.3 Å². The highest BCUT2D eigenvalue weighted by molar-refractivity contribution is 7.89. The van der Waals surface area contributed by atoms with Gasteiger partial charge in [-0.05, 0) is 24.8 Å². The fourth-order valence-corrected chi connectivity index (χ4v) is 3.32. The molecule has 0 saturated carbocycles. The number of hydrogen-bond donors (Lipinski definition) is 2. The van der Waals surface area contributed by atoms with Gasteiger partial charge in [-0.25, -0.2) is 17.9 Å². The second kappa shape index (κ2) is 7.02. The fraction of sp³-hybridized carbons (Fsp3) is 0.500. The fourth-order valence-electron chi connectivity index (χ4n) is 2.23. The quantitative estimate of drug-likeness (QED) is 0.776. The molecule has 7 heteroatoms. The molecule has 1 saturated heterocycles. The van der Waals surface area contributed by atoms with E-state index in [4.69, 9.17) is 9.84 Å². The molecule has 0 spiro atoms. The maximum Gasteiger partial charge on any atom is 0.332 e. The first-order chi connectivity index (χ1) is 9.96. The van der Waals surface area contributed by atoms with Crippen molar-refractivity contribution in [2.24, 2.45) is 0 Å². The van der Waals surface area contributed by atoms with Gasteiger partial charge in [0, 0.05) is 6.54 Å². The Bertz CT molecular complexity index is 572. The van der Waals surface area contributed by atoms with E-state index >= 15 is 0 Å². The number of rotatable bonds is 7. The SMILES string of the molecule is O=C(O)C1CCC(CNS(=O)(=O)CCc2ccccc2)O1. The van der Waals surface area contributed by atoms with Crippen LogP contribution in [0.25, 0.3) is 0 Å². The molecule has 6 nitrogen and oxygen atoms in total. The van der Waals surface area contributed by atoms with Crippen LogP contribution in [0.15, 0.2) is 30.3 Å². The van der Waals surface area contributed by atoms with Gasteiger partial charge in [0.25, 0.3) is 0 Å². The molecule has 1 heterocycles. The lowest BCUT2D eigenvalue weighted by Gasteiger charge is -2.12. The molecule has 1 aromatic rings. The Kier molecular flexibility index (Phi) is 5.33. The van der Waals surface area contributed by atoms with Crippen LogP contribution in [0.4, 0.5) is 0 Å². The van der Waals surface area contributed by atoms with Crippen LogP contribution in [0, 0.1) is 0 Å². The zero-order valence-corrected chi connectivity index (χ0v) is 12.4. The normalized spacial score (nSPS) is 22.3. The molecular formula is C14H19NO5S. The monoisotopic (exact) mass is 313 g/mol. The Morgan fingerprint density at radius 1 is 1.29 bits per heavy atom. The number of nitrogens with one attached hydrogen (secondary N) is 1. The molecule has 1 aliphatic heterocycles. The number of ether oxygens (including phenoxy) is 1. The van der Waals surface area contributed by atoms with Gasteiger partial charge in [0.2, 0.25) is 10.0 Å². The zero-order chi connectivity index (χ0) is 15.3. The van der Waals surface area contributed by atoms with Crippen molar-refractivity contribution in [3.8, 4) is 0 Å². The molecule has 0 amide bonds. The van der Waals surface area contributed by atoms with Gasteiger partial charge in [-0.3, -0.25) is 0 Å². The summed E-state index contributed by atoms with van der Waals surface area (Å²) in [5.74, 6) is -0.990. The van der Waals surface area contributed by atoms with E-state index in [1.54, 1.807) is 0 Å². The van der Waals surface area contributed by atoms with E-state index in [0.717, 1.165) is 5.56 Å². The summed E-state index contributed by atoms with van der Waals surface area (Å²) < 4.78 is 31.5. The zero-order valence-electron chi connectivity index (χ0n) is 11.6. The van der Waals surface area contributed by atoms with Crippen molar-refractivity contribution in [1.29, 1.82) is 0 Å². The standard InChI is InChI=1S/C14H19NO5S/c16-14(17)13-7-6-12(20-13)10-15-21(18,19)9-8-11-4-2-1-3-5-11/h1-5,12-13,15H,6-10H2,(H,16,17). The molecule has 21 heavy (non-hydrogen) atoms. The third-order valence-electron chi connectivity index (χ3n) is 3.42. The van der Waals surface area contributed by atoms with Crippen molar-refractivity contribution in [3.05, 3.63) is 35.9 Å². The van der Waals surface area contributed by atoms with Crippen LogP contribution in [-0.2, 0) is 26.0 Å². The average molecular weight is 313 g/mol. The lowest BCUT2D eigenvalue weighted by atomic mass is 10.2. The minimum atomic E-state index is -3.38. The molecule has 2 unspecified atom stereocenters. The predicted octanol–water partition coefficient (Wildman–Crippen LogP) is 0.781. The van der Waals surface area contributed by atoms with Crippen molar-refractivity contribution in [2.45, 2.75) is 31.5 Å². The van der Waals surface area contributed by atoms with Gasteiger partial charge in [0.05, 0.1) is 11.9 Å². The summed E-state index contributed by atoms with van der Waals surface area (Å²) in [7, 11) is -3.38. The van der Waals surface area contributed by atoms with Crippen LogP contribution in [0.5, 0.6) is 0 Å². The highest BCUT2D eigenvalue weighted by atomic mass is 32.2. The van der Waals surface area contributed by atoms with Crippen LogP contribution >= 0.6 is 0 Å². The van der Waals surface area contributed by atoms with Gasteiger partial charge in [0.1, 0.15) is 0 Å². The first kappa shape index (κ1) is 15.9. The van der Waals surface area contributed by atoms with Crippen molar-refractivity contribution >= 4 is 16.0 Å². The van der Waals surface area contributed by atoms with Crippen molar-refractivity contribution < 1.29 is 23.1 Å². The van der Waals surface area contributed by atoms with E-state index in [1.807, 2.05) is 30.3 Å². The molecule has 2 N–H and O–H groups in total. The van der Waals surface area contributed by atoms with E-state index in [1.165, 1.54) is 0 Å². The van der Waals surface area contributed by atoms with Gasteiger partial charge in [-0.15, -0.1) is 0 Å². The van der Waals surface area contributed by atoms with Gasteiger partial charge in [-0.1, -0.05) is 30.3 Å². The first-order valence-electron chi connectivity index (χ1n) is 6.86. The average Bonchev–Trinajstić information content (AvgIpc) is 2.94. The molecule has 1 aromatic carbocycles. The number of aliphatic carboxylic acids is 1. The van der Waals surface area contributed by atoms with E-state index < -0.39 is 22.1 Å². The summed E-state index contributed by atoms with van der Waals surface area (Å²) in [4.78, 5) is 10.7. The third kappa shape index (κ3) is 5.11. The second-order valence-electron chi connectivity index (χ2n) is 5.07. The predicted molar refractivity (Wildman–Crippen MR) is 77.5 cm³/mol. The number of hydrogen-bond acceptors (Lipinski definition) is 4. The summed E-state index contributed by atoms with van der Waals surface area (Å²) in [5.41, 5.74) is 0.964. The number of carbonyl (C=O) groups is 1. The molecule has 1 fully saturated rings. The minimum absolute atomic E-state index is 0.00604. The molecular weight excluding hydrogens is 294 g/mol. The molecule has 116 valence electrons. The second-order valence-corrected chi connectivity index (χ2v) is 6.99. The van der Waals surface area contributed by atoms with Crippen molar-refractivity contribution in [1.82, 2.24) is 4.72 Å². The smallest absolute Gasteiger partial charge is 0.332 e. The largest absolute Gasteiger partial charge is 0.479 e. The van der Waals surface area contributed by atoms with Crippen molar-refractivity contribution in [2.75, 3.05) is 12.3 Å². The molecule has 0 bridgehead atoms. The summed E-state index contributed by atoms with van der Waals surface area (Å²) in [6.07, 6.45) is 0.241. The highest BCUT2D eigenvalue weighted by Gasteiger charge is 2.30. The maximum absolute atomic E-state index is 11.9. The van der Waals surface area contributed by atoms with Gasteiger partial charge < -0.3 is 9.84 Å². The van der Waals surface area contributed by atoms with Gasteiger partial charge in [-0.2, -0.15) is 0 Å². The topological polar surface area (TPSA) is 92.7 Å². The van der Waals surface area contributed by atoms with Crippen molar-refractivity contribution in [3.63, 3.8) is 0 Å². The Labute approximate surface area is 124 Å². The van der Waals surface area contributed by atoms with Gasteiger partial charge in [0.15, 0.2) is 6.10 Å². The Hall–Kier alpha value is -1.44. The maximum atomic E-state index is 11.9. The van der Waals surface area contributed by atoms with Crippen LogP contribution < -0.4 is 4.72 Å². The molecule has 2 atom stereocenters. The molecule has 1 aliphatic rings. The lowest BCUT2D eigenvalue weighted by Crippen LogP contribution is -2.35. The Morgan fingerprint density at radius 2 is 2.00 bits per heavy atom. The molecule has 0 aliphatic carbocycles. The number of aryl methyl sites for hydroxylation is 1. The van der Waals surface area contributed by atoms with E-state index in [-0.39, 0.29) is 18.4 Å². The summed E-state index contributed by atoms with van der Waals surface area (Å²) in [5, 5.41) is 8.81. The Morgan fingerprint density at radius 3 is 2.62 bits per heavy atom. The van der Waals surface area contributed by atoms with Crippen LogP contribution in [0.2, 0.25) is 0 Å². The summed E-state index contributed by atoms with van der Waals surface area (Å²) in [6, 6.07) is 9.38. The number of carboxylic acids is 1. The first-order valence-corrected chi connectivity index (χ1v) is 8.51. The number of carboxylic acid groups (broad SMARTS) is 1. The van der Waals surface area contributed by atoms with E-state index in [2.05, 4.69) is 4.72 Å². The summed E-state index contributed by atoms with van der Waals surface area (Å²) in [6.45, 7) is 0.126. The van der Waals surface area contributed by atoms with Crippen LogP contribution in [-0.4, -0.2) is 44.0 Å².